The number of aryl methyl sites for hydroxylation is 2. The maximum atomic E-state index is 13.6. The van der Waals surface area contributed by atoms with Crippen molar-refractivity contribution >= 4 is 38.6 Å². The lowest BCUT2D eigenvalue weighted by atomic mass is 10.2. The molecule has 2 nitrogen and oxygen atoms in total. The molecule has 0 aliphatic rings. The highest BCUT2D eigenvalue weighted by atomic mass is 79.9. The van der Waals surface area contributed by atoms with E-state index in [9.17, 15) is 17.6 Å². The van der Waals surface area contributed by atoms with Gasteiger partial charge in [-0.05, 0) is 28.4 Å². The van der Waals surface area contributed by atoms with E-state index in [0.29, 0.717) is 29.2 Å². The van der Waals surface area contributed by atoms with E-state index in [4.69, 9.17) is 11.6 Å². The molecule has 2 aromatic rings. The maximum Gasteiger partial charge on any atom is 0.389 e. The van der Waals surface area contributed by atoms with Gasteiger partial charge in [0.1, 0.15) is 11.6 Å². The Hall–Kier alpha value is -0.820. The molecule has 0 saturated carbocycles. The molecule has 8 heteroatoms. The molecular formula is C13H12BrClF4N2. The van der Waals surface area contributed by atoms with E-state index in [1.807, 2.05) is 0 Å². The molecule has 1 aromatic heterocycles. The molecule has 0 fully saturated rings. The van der Waals surface area contributed by atoms with Gasteiger partial charge in [0, 0.05) is 31.3 Å². The van der Waals surface area contributed by atoms with Crippen molar-refractivity contribution in [2.24, 2.45) is 0 Å². The Morgan fingerprint density at radius 3 is 2.62 bits per heavy atom. The summed E-state index contributed by atoms with van der Waals surface area (Å²) in [6.45, 7) is 0.128. The third-order valence-corrected chi connectivity index (χ3v) is 3.83. The van der Waals surface area contributed by atoms with Crippen molar-refractivity contribution in [3.8, 4) is 0 Å². The number of fused-ring (bicyclic) bond motifs is 1. The zero-order chi connectivity index (χ0) is 15.6. The van der Waals surface area contributed by atoms with Crippen LogP contribution in [0.1, 0.15) is 18.7 Å². The van der Waals surface area contributed by atoms with Gasteiger partial charge in [0.15, 0.2) is 0 Å². The molecule has 0 saturated heterocycles. The van der Waals surface area contributed by atoms with Crippen molar-refractivity contribution < 1.29 is 17.6 Å². The number of hydrogen-bond donors (Lipinski definition) is 0. The molecule has 21 heavy (non-hydrogen) atoms. The predicted octanol–water partition coefficient (Wildman–Crippen LogP) is 5.06. The molecular weight excluding hydrogens is 376 g/mol. The van der Waals surface area contributed by atoms with E-state index in [1.54, 1.807) is 4.57 Å². The SMILES string of the molecule is Fc1cc2c(cc1Br)nc(CCCl)n2CCCC(F)(F)F. The summed E-state index contributed by atoms with van der Waals surface area (Å²) in [5.74, 6) is 0.392. The largest absolute Gasteiger partial charge is 0.389 e. The van der Waals surface area contributed by atoms with Crippen LogP contribution in [-0.4, -0.2) is 21.6 Å². The van der Waals surface area contributed by atoms with Gasteiger partial charge in [0.25, 0.3) is 0 Å². The van der Waals surface area contributed by atoms with E-state index in [-0.39, 0.29) is 17.4 Å². The maximum absolute atomic E-state index is 13.6. The fourth-order valence-electron chi connectivity index (χ4n) is 2.13. The molecule has 1 aromatic carbocycles. The van der Waals surface area contributed by atoms with Crippen LogP contribution in [0.25, 0.3) is 11.0 Å². The first-order chi connectivity index (χ1) is 9.81. The number of nitrogens with zero attached hydrogens (tertiary/aromatic N) is 2. The van der Waals surface area contributed by atoms with Gasteiger partial charge in [0.2, 0.25) is 0 Å². The summed E-state index contributed by atoms with van der Waals surface area (Å²) in [7, 11) is 0. The van der Waals surface area contributed by atoms with Gasteiger partial charge in [-0.15, -0.1) is 11.6 Å². The summed E-state index contributed by atoms with van der Waals surface area (Å²) >= 11 is 8.76. The summed E-state index contributed by atoms with van der Waals surface area (Å²) in [4.78, 5) is 4.32. The molecule has 0 bridgehead atoms. The fourth-order valence-corrected chi connectivity index (χ4v) is 2.63. The molecule has 2 rings (SSSR count). The number of aromatic nitrogens is 2. The fraction of sp³-hybridized carbons (Fsp3) is 0.462. The van der Waals surface area contributed by atoms with Gasteiger partial charge in [-0.2, -0.15) is 13.2 Å². The van der Waals surface area contributed by atoms with Crippen molar-refractivity contribution in [2.75, 3.05) is 5.88 Å². The van der Waals surface area contributed by atoms with E-state index in [2.05, 4.69) is 20.9 Å². The predicted molar refractivity (Wildman–Crippen MR) is 77.1 cm³/mol. The third kappa shape index (κ3) is 4.10. The Bertz CT molecular complexity index is 639. The minimum atomic E-state index is -4.20. The van der Waals surface area contributed by atoms with E-state index >= 15 is 0 Å². The zero-order valence-corrected chi connectivity index (χ0v) is 13.2. The van der Waals surface area contributed by atoms with Crippen LogP contribution in [0.2, 0.25) is 0 Å². The standard InChI is InChI=1S/C13H12BrClF4N2/c14-8-6-10-11(7-9(8)16)21(12(20-10)2-4-15)5-1-3-13(17,18)19/h6-7H,1-5H2. The number of imidazole rings is 1. The van der Waals surface area contributed by atoms with Crippen LogP contribution in [0.4, 0.5) is 17.6 Å². The van der Waals surface area contributed by atoms with Crippen molar-refractivity contribution in [3.05, 3.63) is 28.2 Å². The Labute approximate surface area is 132 Å². The molecule has 0 spiro atoms. The monoisotopic (exact) mass is 386 g/mol. The molecule has 0 aliphatic carbocycles. The molecule has 116 valence electrons. The van der Waals surface area contributed by atoms with Gasteiger partial charge < -0.3 is 4.57 Å². The van der Waals surface area contributed by atoms with Gasteiger partial charge >= 0.3 is 6.18 Å². The molecule has 0 unspecified atom stereocenters. The number of hydrogen-bond acceptors (Lipinski definition) is 1. The van der Waals surface area contributed by atoms with Crippen LogP contribution in [-0.2, 0) is 13.0 Å². The van der Waals surface area contributed by atoms with Crippen LogP contribution in [0.15, 0.2) is 16.6 Å². The van der Waals surface area contributed by atoms with Crippen LogP contribution in [0.3, 0.4) is 0 Å². The lowest BCUT2D eigenvalue weighted by molar-refractivity contribution is -0.135. The summed E-state index contributed by atoms with van der Waals surface area (Å²) in [5.41, 5.74) is 1.02. The van der Waals surface area contributed by atoms with Crippen LogP contribution in [0.5, 0.6) is 0 Å². The van der Waals surface area contributed by atoms with Gasteiger partial charge in [-0.25, -0.2) is 9.37 Å². The van der Waals surface area contributed by atoms with Gasteiger partial charge in [-0.1, -0.05) is 0 Å². The zero-order valence-electron chi connectivity index (χ0n) is 10.9. The van der Waals surface area contributed by atoms with Crippen LogP contribution in [0, 0.1) is 5.82 Å². The van der Waals surface area contributed by atoms with Crippen LogP contribution < -0.4 is 0 Å². The van der Waals surface area contributed by atoms with Gasteiger partial charge in [0.05, 0.1) is 15.5 Å². The molecule has 1 heterocycles. The highest BCUT2D eigenvalue weighted by Crippen LogP contribution is 2.26. The second kappa shape index (κ2) is 6.52. The average Bonchev–Trinajstić information content (AvgIpc) is 2.67. The number of rotatable bonds is 5. The first-order valence-corrected chi connectivity index (χ1v) is 7.61. The smallest absolute Gasteiger partial charge is 0.328 e. The topological polar surface area (TPSA) is 17.8 Å². The van der Waals surface area contributed by atoms with Crippen molar-refractivity contribution in [3.63, 3.8) is 0 Å². The Morgan fingerprint density at radius 1 is 1.29 bits per heavy atom. The molecule has 0 amide bonds. The number of benzene rings is 1. The second-order valence-electron chi connectivity index (χ2n) is 4.59. The summed E-state index contributed by atoms with van der Waals surface area (Å²) < 4.78 is 52.3. The number of alkyl halides is 4. The minimum Gasteiger partial charge on any atom is -0.328 e. The van der Waals surface area contributed by atoms with Crippen LogP contribution >= 0.6 is 27.5 Å². The first kappa shape index (κ1) is 16.5. The van der Waals surface area contributed by atoms with E-state index in [0.717, 1.165) is 0 Å². The lowest BCUT2D eigenvalue weighted by Crippen LogP contribution is -2.11. The number of halogens is 6. The second-order valence-corrected chi connectivity index (χ2v) is 5.82. The Kier molecular flexibility index (Phi) is 5.14. The Balaban J connectivity index is 2.34. The first-order valence-electron chi connectivity index (χ1n) is 6.28. The van der Waals surface area contributed by atoms with E-state index in [1.165, 1.54) is 12.1 Å². The molecule has 0 N–H and O–H groups in total. The summed E-state index contributed by atoms with van der Waals surface area (Å²) in [6, 6.07) is 2.79. The average molecular weight is 388 g/mol. The molecule has 0 atom stereocenters. The summed E-state index contributed by atoms with van der Waals surface area (Å²) in [5, 5.41) is 0. The van der Waals surface area contributed by atoms with Crippen molar-refractivity contribution in [1.29, 1.82) is 0 Å². The van der Waals surface area contributed by atoms with E-state index < -0.39 is 18.4 Å². The highest BCUT2D eigenvalue weighted by molar-refractivity contribution is 9.10. The van der Waals surface area contributed by atoms with Crippen molar-refractivity contribution in [1.82, 2.24) is 9.55 Å². The lowest BCUT2D eigenvalue weighted by Gasteiger charge is -2.10. The molecule has 0 radical (unpaired) electrons. The van der Waals surface area contributed by atoms with Crippen molar-refractivity contribution in [2.45, 2.75) is 32.0 Å². The quantitative estimate of drug-likeness (QED) is 0.518. The highest BCUT2D eigenvalue weighted by Gasteiger charge is 2.26. The summed E-state index contributed by atoms with van der Waals surface area (Å²) in [6.07, 6.45) is -4.74. The normalized spacial score (nSPS) is 12.3. The van der Waals surface area contributed by atoms with Gasteiger partial charge in [-0.3, -0.25) is 0 Å². The minimum absolute atomic E-state index is 0.0814. The Morgan fingerprint density at radius 2 is 2.00 bits per heavy atom. The third-order valence-electron chi connectivity index (χ3n) is 3.03. The molecule has 0 aliphatic heterocycles.